The Hall–Kier alpha value is -2.33. The quantitative estimate of drug-likeness (QED) is 0.441. The number of nitrogens with two attached hydrogens (primary N) is 1. The number of benzene rings is 1. The van der Waals surface area contributed by atoms with Gasteiger partial charge in [-0.3, -0.25) is 0 Å². The minimum atomic E-state index is 0.654. The molecule has 122 valence electrons. The monoisotopic (exact) mass is 310 g/mol. The van der Waals surface area contributed by atoms with Crippen LogP contribution in [0.5, 0.6) is 0 Å². The van der Waals surface area contributed by atoms with Crippen molar-refractivity contribution >= 4 is 12.3 Å². The lowest BCUT2D eigenvalue weighted by atomic mass is 10.1. The highest BCUT2D eigenvalue weighted by atomic mass is 15.2. The first-order valence-corrected chi connectivity index (χ1v) is 8.01. The van der Waals surface area contributed by atoms with Crippen molar-refractivity contribution in [1.29, 1.82) is 0 Å². The first kappa shape index (κ1) is 17.0. The van der Waals surface area contributed by atoms with Gasteiger partial charge in [-0.2, -0.15) is 0 Å². The summed E-state index contributed by atoms with van der Waals surface area (Å²) in [7, 11) is 0. The van der Waals surface area contributed by atoms with E-state index in [1.807, 2.05) is 13.0 Å². The van der Waals surface area contributed by atoms with Crippen LogP contribution in [0.3, 0.4) is 0 Å². The van der Waals surface area contributed by atoms with Crippen molar-refractivity contribution in [3.63, 3.8) is 0 Å². The number of allylic oxidation sites excluding steroid dienone is 1. The molecule has 1 aromatic carbocycles. The highest BCUT2D eigenvalue weighted by molar-refractivity contribution is 5.67. The molecule has 4 nitrogen and oxygen atoms in total. The van der Waals surface area contributed by atoms with E-state index in [-0.39, 0.29) is 0 Å². The Balaban J connectivity index is 2.26. The lowest BCUT2D eigenvalue weighted by molar-refractivity contribution is 0.497. The van der Waals surface area contributed by atoms with Gasteiger partial charge in [0, 0.05) is 19.3 Å². The molecule has 1 aromatic rings. The molecule has 0 fully saturated rings. The fourth-order valence-electron chi connectivity index (χ4n) is 2.71. The Morgan fingerprint density at radius 1 is 1.35 bits per heavy atom. The zero-order valence-electron chi connectivity index (χ0n) is 13.9. The summed E-state index contributed by atoms with van der Waals surface area (Å²) in [6.45, 7) is 12.2. The van der Waals surface area contributed by atoms with E-state index in [4.69, 9.17) is 5.73 Å². The third-order valence-corrected chi connectivity index (χ3v) is 3.83. The van der Waals surface area contributed by atoms with Crippen molar-refractivity contribution in [2.24, 2.45) is 10.7 Å². The Labute approximate surface area is 139 Å². The van der Waals surface area contributed by atoms with Crippen molar-refractivity contribution in [3.05, 3.63) is 65.8 Å². The largest absolute Gasteiger partial charge is 0.368 e. The Bertz CT molecular complexity index is 614. The zero-order chi connectivity index (χ0) is 16.7. The summed E-state index contributed by atoms with van der Waals surface area (Å²) < 4.78 is 0. The van der Waals surface area contributed by atoms with Crippen molar-refractivity contribution in [1.82, 2.24) is 10.2 Å². The van der Waals surface area contributed by atoms with E-state index in [0.29, 0.717) is 6.54 Å². The Morgan fingerprint density at radius 2 is 2.09 bits per heavy atom. The predicted molar refractivity (Wildman–Crippen MR) is 98.8 cm³/mol. The average molecular weight is 310 g/mol. The van der Waals surface area contributed by atoms with Gasteiger partial charge in [0.25, 0.3) is 0 Å². The average Bonchev–Trinajstić information content (AvgIpc) is 3.04. The molecule has 0 saturated heterocycles. The smallest absolute Gasteiger partial charge is 0.149 e. The summed E-state index contributed by atoms with van der Waals surface area (Å²) in [5.41, 5.74) is 10.1. The van der Waals surface area contributed by atoms with Crippen LogP contribution in [-0.2, 0) is 0 Å². The van der Waals surface area contributed by atoms with Crippen molar-refractivity contribution in [3.8, 4) is 0 Å². The Morgan fingerprint density at radius 3 is 2.70 bits per heavy atom. The van der Waals surface area contributed by atoms with Crippen molar-refractivity contribution in [2.75, 3.05) is 19.6 Å². The minimum absolute atomic E-state index is 0.654. The molecule has 23 heavy (non-hydrogen) atoms. The molecule has 0 radical (unpaired) electrons. The van der Waals surface area contributed by atoms with Gasteiger partial charge in [-0.1, -0.05) is 36.9 Å². The molecule has 0 saturated carbocycles. The highest BCUT2D eigenvalue weighted by Crippen LogP contribution is 2.30. The zero-order valence-corrected chi connectivity index (χ0v) is 13.9. The van der Waals surface area contributed by atoms with Crippen LogP contribution in [-0.4, -0.2) is 31.3 Å². The maximum Gasteiger partial charge on any atom is 0.149 e. The number of hydrogen-bond acceptors (Lipinski definition) is 4. The minimum Gasteiger partial charge on any atom is -0.368 e. The molecule has 2 rings (SSSR count). The fraction of sp³-hybridized carbons (Fsp3) is 0.316. The van der Waals surface area contributed by atoms with E-state index in [2.05, 4.69) is 59.0 Å². The maximum absolute atomic E-state index is 5.56. The van der Waals surface area contributed by atoms with Crippen molar-refractivity contribution in [2.45, 2.75) is 19.8 Å². The molecule has 3 N–H and O–H groups in total. The van der Waals surface area contributed by atoms with Gasteiger partial charge in [0.05, 0.1) is 5.70 Å². The van der Waals surface area contributed by atoms with Crippen LogP contribution in [0, 0.1) is 0 Å². The molecule has 1 aliphatic heterocycles. The fourth-order valence-corrected chi connectivity index (χ4v) is 2.71. The van der Waals surface area contributed by atoms with Crippen LogP contribution >= 0.6 is 0 Å². The first-order valence-electron chi connectivity index (χ1n) is 8.01. The van der Waals surface area contributed by atoms with Gasteiger partial charge < -0.3 is 16.0 Å². The van der Waals surface area contributed by atoms with Gasteiger partial charge in [-0.25, -0.2) is 4.99 Å². The van der Waals surface area contributed by atoms with E-state index in [1.165, 1.54) is 11.1 Å². The van der Waals surface area contributed by atoms with E-state index in [1.54, 1.807) is 0 Å². The van der Waals surface area contributed by atoms with E-state index < -0.39 is 0 Å². The number of aliphatic imine (C=N–C) groups is 1. The SMILES string of the molecule is C=N/C(NCCCN)=C(/C(=C)C)N1C=C(c2ccccc2)CC1. The van der Waals surface area contributed by atoms with Crippen LogP contribution in [0.25, 0.3) is 5.57 Å². The molecule has 0 amide bonds. The van der Waals surface area contributed by atoms with Gasteiger partial charge >= 0.3 is 0 Å². The molecule has 0 aromatic heterocycles. The number of nitrogens with zero attached hydrogens (tertiary/aromatic N) is 2. The van der Waals surface area contributed by atoms with Gasteiger partial charge in [0.2, 0.25) is 0 Å². The third-order valence-electron chi connectivity index (χ3n) is 3.83. The number of nitrogens with one attached hydrogen (secondary N) is 1. The van der Waals surface area contributed by atoms with Gasteiger partial charge in [0.15, 0.2) is 0 Å². The van der Waals surface area contributed by atoms with Crippen LogP contribution in [0.2, 0.25) is 0 Å². The number of hydrogen-bond donors (Lipinski definition) is 2. The molecule has 0 atom stereocenters. The summed E-state index contributed by atoms with van der Waals surface area (Å²) in [5, 5.41) is 3.32. The molecule has 0 unspecified atom stereocenters. The van der Waals surface area contributed by atoms with Crippen LogP contribution in [0.1, 0.15) is 25.3 Å². The van der Waals surface area contributed by atoms with Crippen LogP contribution < -0.4 is 11.1 Å². The highest BCUT2D eigenvalue weighted by Gasteiger charge is 2.20. The molecule has 1 aliphatic rings. The van der Waals surface area contributed by atoms with E-state index in [9.17, 15) is 0 Å². The molecule has 0 bridgehead atoms. The van der Waals surface area contributed by atoms with Crippen molar-refractivity contribution < 1.29 is 0 Å². The second-order valence-corrected chi connectivity index (χ2v) is 5.67. The molecule has 0 aliphatic carbocycles. The first-order chi connectivity index (χ1) is 11.2. The summed E-state index contributed by atoms with van der Waals surface area (Å²) >= 11 is 0. The molecule has 4 heteroatoms. The second kappa shape index (κ2) is 8.34. The summed E-state index contributed by atoms with van der Waals surface area (Å²) in [5.74, 6) is 0.775. The van der Waals surface area contributed by atoms with E-state index >= 15 is 0 Å². The number of rotatable bonds is 8. The van der Waals surface area contributed by atoms with Gasteiger partial charge in [-0.15, -0.1) is 0 Å². The standard InChI is InChI=1S/C19H26N4/c1-15(2)18(19(21-3)22-12-7-11-20)23-13-10-17(14-23)16-8-5-4-6-9-16/h4-6,8-9,14,22H,1,3,7,10-13,20H2,2H3/b19-18+. The molecule has 1 heterocycles. The maximum atomic E-state index is 5.56. The molecular weight excluding hydrogens is 284 g/mol. The molecule has 0 spiro atoms. The van der Waals surface area contributed by atoms with Gasteiger partial charge in [-0.05, 0) is 49.7 Å². The van der Waals surface area contributed by atoms with Crippen LogP contribution in [0.4, 0.5) is 0 Å². The topological polar surface area (TPSA) is 53.6 Å². The molecular formula is C19H26N4. The summed E-state index contributed by atoms with van der Waals surface area (Å²) in [6, 6.07) is 10.5. The lowest BCUT2D eigenvalue weighted by Gasteiger charge is -2.22. The van der Waals surface area contributed by atoms with E-state index in [0.717, 1.165) is 43.0 Å². The normalized spacial score (nSPS) is 15.0. The lowest BCUT2D eigenvalue weighted by Crippen LogP contribution is -2.24. The summed E-state index contributed by atoms with van der Waals surface area (Å²) in [6.07, 6.45) is 4.09. The summed E-state index contributed by atoms with van der Waals surface area (Å²) in [4.78, 5) is 6.38. The Kier molecular flexibility index (Phi) is 6.18. The second-order valence-electron chi connectivity index (χ2n) is 5.67. The third kappa shape index (κ3) is 4.33. The predicted octanol–water partition coefficient (Wildman–Crippen LogP) is 3.12. The van der Waals surface area contributed by atoms with Gasteiger partial charge in [0.1, 0.15) is 5.82 Å². The van der Waals surface area contributed by atoms with Crippen LogP contribution in [0.15, 0.2) is 65.2 Å².